The van der Waals surface area contributed by atoms with E-state index in [2.05, 4.69) is 0 Å². The molecule has 5 aromatic carbocycles. The summed E-state index contributed by atoms with van der Waals surface area (Å²) in [5, 5.41) is 0.744. The summed E-state index contributed by atoms with van der Waals surface area (Å²) in [4.78, 5) is 0. The van der Waals surface area contributed by atoms with Gasteiger partial charge in [0.2, 0.25) is 0 Å². The zero-order chi connectivity index (χ0) is 34.3. The molecule has 0 saturated heterocycles. The number of fused-ring (bicyclic) bond motifs is 2. The Morgan fingerprint density at radius 3 is 1.44 bits per heavy atom. The van der Waals surface area contributed by atoms with Gasteiger partial charge in [0, 0.05) is 42.9 Å². The van der Waals surface area contributed by atoms with E-state index in [1.165, 1.54) is 13.0 Å². The van der Waals surface area contributed by atoms with Crippen LogP contribution in [0.1, 0.15) is 57.3 Å². The standard InChI is InChI=1S/C35H19F12.2ClH.Hf/c1-17-25-7-4-5-9-27(25)31(29(17)20-12-23(34(42,43)44)16-24(13-20)35(45,46)47)30-26-8-3-2-6-18(26)14-28(30)19-10-21(32(36,37)38)15-22(11-19)33(39,40)41;;;/h2-16,31H,1H3;2*1H;/q-1;;;/p-2. The molecule has 1 unspecified atom stereocenters. The molecule has 1 aliphatic rings. The number of hydrogen-bond donors (Lipinski definition) is 0. The molecule has 0 amide bonds. The molecule has 6 rings (SSSR count). The van der Waals surface area contributed by atoms with E-state index < -0.39 is 64.0 Å². The first-order valence-electron chi connectivity index (χ1n) is 13.8. The molecule has 50 heavy (non-hydrogen) atoms. The quantitative estimate of drug-likeness (QED) is 0.112. The molecule has 0 spiro atoms. The van der Waals surface area contributed by atoms with Gasteiger partial charge < -0.3 is 24.8 Å². The summed E-state index contributed by atoms with van der Waals surface area (Å²) in [6.07, 6.45) is -20.7. The number of benzene rings is 4. The van der Waals surface area contributed by atoms with Crippen molar-refractivity contribution < 1.29 is 103 Å². The fraction of sp³-hybridized carbons (Fsp3) is 0.171. The van der Waals surface area contributed by atoms with Crippen molar-refractivity contribution in [3.63, 3.8) is 0 Å². The summed E-state index contributed by atoms with van der Waals surface area (Å²) < 4.78 is 167. The van der Waals surface area contributed by atoms with Crippen molar-refractivity contribution in [3.05, 3.63) is 136 Å². The van der Waals surface area contributed by atoms with Crippen LogP contribution in [0, 0.1) is 0 Å². The molecular weight excluding hydrogens is 898 g/mol. The Kier molecular flexibility index (Phi) is 11.6. The molecule has 0 fully saturated rings. The average Bonchev–Trinajstić information content (AvgIpc) is 3.50. The van der Waals surface area contributed by atoms with Gasteiger partial charge in [-0.25, -0.2) is 0 Å². The molecule has 0 bridgehead atoms. The van der Waals surface area contributed by atoms with Gasteiger partial charge in [-0.1, -0.05) is 60.2 Å². The minimum absolute atomic E-state index is 0. The molecule has 1 aliphatic carbocycles. The fourth-order valence-corrected chi connectivity index (χ4v) is 6.31. The number of hydrogen-bond acceptors (Lipinski definition) is 0. The fourth-order valence-electron chi connectivity index (χ4n) is 6.31. The van der Waals surface area contributed by atoms with Crippen LogP contribution < -0.4 is 24.8 Å². The van der Waals surface area contributed by atoms with Crippen LogP contribution >= 0.6 is 0 Å². The topological polar surface area (TPSA) is 0 Å². The van der Waals surface area contributed by atoms with Crippen LogP contribution in [-0.2, 0) is 50.5 Å². The molecule has 0 aromatic heterocycles. The van der Waals surface area contributed by atoms with Crippen molar-refractivity contribution >= 4 is 21.9 Å². The second kappa shape index (κ2) is 14.1. The Morgan fingerprint density at radius 1 is 0.540 bits per heavy atom. The van der Waals surface area contributed by atoms with E-state index >= 15 is 0 Å². The zero-order valence-corrected chi connectivity index (χ0v) is 30.1. The molecule has 0 nitrogen and oxygen atoms in total. The van der Waals surface area contributed by atoms with E-state index in [4.69, 9.17) is 0 Å². The Labute approximate surface area is 308 Å². The van der Waals surface area contributed by atoms with Crippen molar-refractivity contribution in [2.24, 2.45) is 0 Å². The van der Waals surface area contributed by atoms with Crippen molar-refractivity contribution in [1.29, 1.82) is 0 Å². The molecule has 264 valence electrons. The zero-order valence-electron chi connectivity index (χ0n) is 25.0. The molecular formula is C35H19Cl2F12Hf-3. The summed E-state index contributed by atoms with van der Waals surface area (Å²) in [6, 6.07) is 16.2. The predicted octanol–water partition coefficient (Wildman–Crippen LogP) is 6.38. The summed E-state index contributed by atoms with van der Waals surface area (Å²) in [5.41, 5.74) is -6.00. The number of alkyl halides is 12. The van der Waals surface area contributed by atoms with Gasteiger partial charge in [-0.3, -0.25) is 0 Å². The predicted molar refractivity (Wildman–Crippen MR) is 152 cm³/mol. The Bertz CT molecular complexity index is 2000. The SMILES string of the molecule is CC1=C(c2cc(C(F)(F)F)cc(C(F)(F)F)c2)C(c2c(-c3cc(C(F)(F)F)cc(C(F)(F)F)c3)[cH-]c3ccccc23)c2ccccc21.[Cl-].[Cl-].[Hf]. The van der Waals surface area contributed by atoms with Gasteiger partial charge in [0.05, 0.1) is 11.1 Å². The minimum atomic E-state index is -5.17. The van der Waals surface area contributed by atoms with E-state index in [0.717, 1.165) is 0 Å². The van der Waals surface area contributed by atoms with Gasteiger partial charge in [-0.05, 0) is 59.0 Å². The normalized spacial score (nSPS) is 14.9. The minimum Gasteiger partial charge on any atom is -1.00 e. The van der Waals surface area contributed by atoms with Crippen molar-refractivity contribution in [2.75, 3.05) is 0 Å². The molecule has 0 N–H and O–H groups in total. The largest absolute Gasteiger partial charge is 1.00 e. The number of allylic oxidation sites excluding steroid dienone is 2. The second-order valence-corrected chi connectivity index (χ2v) is 11.2. The van der Waals surface area contributed by atoms with E-state index in [1.807, 2.05) is 0 Å². The van der Waals surface area contributed by atoms with Crippen molar-refractivity contribution in [1.82, 2.24) is 0 Å². The summed E-state index contributed by atoms with van der Waals surface area (Å²) in [7, 11) is 0. The van der Waals surface area contributed by atoms with Crippen LogP contribution in [0.25, 0.3) is 33.0 Å². The smallest absolute Gasteiger partial charge is 0.416 e. The van der Waals surface area contributed by atoms with Gasteiger partial charge in [-0.2, -0.15) is 52.7 Å². The third-order valence-electron chi connectivity index (χ3n) is 8.30. The molecule has 1 atom stereocenters. The van der Waals surface area contributed by atoms with E-state index in [9.17, 15) is 52.7 Å². The average molecular weight is 917 g/mol. The van der Waals surface area contributed by atoms with Crippen LogP contribution in [0.4, 0.5) is 52.7 Å². The van der Waals surface area contributed by atoms with Crippen LogP contribution in [-0.4, -0.2) is 0 Å². The maximum Gasteiger partial charge on any atom is 0.416 e. The summed E-state index contributed by atoms with van der Waals surface area (Å²) in [6.45, 7) is 1.50. The Hall–Kier alpha value is -3.16. The maximum atomic E-state index is 13.9. The first kappa shape index (κ1) is 41.3. The maximum absolute atomic E-state index is 13.9. The molecule has 0 saturated carbocycles. The monoisotopic (exact) mass is 917 g/mol. The van der Waals surface area contributed by atoms with E-state index in [0.29, 0.717) is 51.7 Å². The van der Waals surface area contributed by atoms with Crippen LogP contribution in [0.2, 0.25) is 0 Å². The Balaban J connectivity index is 0.00000225. The van der Waals surface area contributed by atoms with Crippen molar-refractivity contribution in [2.45, 2.75) is 37.5 Å². The van der Waals surface area contributed by atoms with Gasteiger partial charge in [0.25, 0.3) is 0 Å². The summed E-state index contributed by atoms with van der Waals surface area (Å²) in [5.74, 6) is -1.17. The van der Waals surface area contributed by atoms with Gasteiger partial charge in [0.1, 0.15) is 0 Å². The third-order valence-corrected chi connectivity index (χ3v) is 8.30. The molecule has 0 aliphatic heterocycles. The molecule has 0 radical (unpaired) electrons. The van der Waals surface area contributed by atoms with Gasteiger partial charge >= 0.3 is 24.7 Å². The van der Waals surface area contributed by atoms with Gasteiger partial charge in [0.15, 0.2) is 0 Å². The van der Waals surface area contributed by atoms with Crippen molar-refractivity contribution in [3.8, 4) is 11.1 Å². The summed E-state index contributed by atoms with van der Waals surface area (Å²) >= 11 is 0. The Morgan fingerprint density at radius 2 is 0.960 bits per heavy atom. The van der Waals surface area contributed by atoms with E-state index in [1.54, 1.807) is 48.5 Å². The number of rotatable bonds is 3. The van der Waals surface area contributed by atoms with E-state index in [-0.39, 0.29) is 79.5 Å². The second-order valence-electron chi connectivity index (χ2n) is 11.2. The molecule has 15 heteroatoms. The van der Waals surface area contributed by atoms with Crippen LogP contribution in [0.5, 0.6) is 0 Å². The first-order valence-corrected chi connectivity index (χ1v) is 13.8. The first-order chi connectivity index (χ1) is 21.7. The molecule has 5 aromatic rings. The molecule has 0 heterocycles. The van der Waals surface area contributed by atoms with Gasteiger partial charge in [-0.15, -0.1) is 34.0 Å². The van der Waals surface area contributed by atoms with Crippen LogP contribution in [0.3, 0.4) is 0 Å². The third kappa shape index (κ3) is 7.55. The van der Waals surface area contributed by atoms with Crippen LogP contribution in [0.15, 0.2) is 91.0 Å². The number of halogens is 14.